The average molecular weight is 287 g/mol. The Hall–Kier alpha value is -0.740. The summed E-state index contributed by atoms with van der Waals surface area (Å²) in [6, 6.07) is 3.90. The number of phenols is 1. The summed E-state index contributed by atoms with van der Waals surface area (Å²) in [7, 11) is 1.58. The van der Waals surface area contributed by atoms with Crippen molar-refractivity contribution in [1.29, 1.82) is 0 Å². The third-order valence-corrected chi connectivity index (χ3v) is 3.68. The zero-order chi connectivity index (χ0) is 11.5. The Labute approximate surface area is 104 Å². The molecule has 4 heteroatoms. The van der Waals surface area contributed by atoms with E-state index >= 15 is 0 Å². The third-order valence-electron chi connectivity index (χ3n) is 3.07. The molecule has 0 radical (unpaired) electrons. The van der Waals surface area contributed by atoms with Gasteiger partial charge in [-0.2, -0.15) is 0 Å². The summed E-state index contributed by atoms with van der Waals surface area (Å²) in [5.74, 6) is 0.727. The van der Waals surface area contributed by atoms with E-state index in [2.05, 4.69) is 15.9 Å². The Bertz CT molecular complexity index is 376. The molecule has 1 aliphatic rings. The van der Waals surface area contributed by atoms with Crippen molar-refractivity contribution in [2.45, 2.75) is 19.4 Å². The fourth-order valence-electron chi connectivity index (χ4n) is 2.23. The Morgan fingerprint density at radius 1 is 1.38 bits per heavy atom. The van der Waals surface area contributed by atoms with Crippen molar-refractivity contribution < 1.29 is 14.7 Å². The molecule has 0 saturated carbocycles. The largest absolute Gasteiger partial charge is 0.503 e. The first kappa shape index (κ1) is 11.7. The van der Waals surface area contributed by atoms with Gasteiger partial charge in [-0.05, 0) is 28.1 Å². The lowest BCUT2D eigenvalue weighted by Gasteiger charge is -2.14. The number of hydrogen-bond donors (Lipinski definition) is 2. The maximum absolute atomic E-state index is 9.70. The lowest BCUT2D eigenvalue weighted by atomic mass is 10.2. The fraction of sp³-hybridized carbons (Fsp3) is 0.500. The molecule has 1 saturated heterocycles. The Kier molecular flexibility index (Phi) is 3.71. The quantitative estimate of drug-likeness (QED) is 0.880. The van der Waals surface area contributed by atoms with Gasteiger partial charge in [0, 0.05) is 18.4 Å². The molecule has 0 aromatic heterocycles. The molecular formula is C12H17BrNO2+. The van der Waals surface area contributed by atoms with Gasteiger partial charge in [0.05, 0.1) is 24.7 Å². The van der Waals surface area contributed by atoms with E-state index in [1.54, 1.807) is 12.0 Å². The van der Waals surface area contributed by atoms with Crippen LogP contribution >= 0.6 is 15.9 Å². The molecule has 0 bridgehead atoms. The Balaban J connectivity index is 2.17. The molecule has 0 spiro atoms. The number of quaternary nitrogens is 1. The van der Waals surface area contributed by atoms with E-state index in [4.69, 9.17) is 4.74 Å². The highest BCUT2D eigenvalue weighted by molar-refractivity contribution is 9.10. The summed E-state index contributed by atoms with van der Waals surface area (Å²) < 4.78 is 5.85. The normalized spacial score (nSPS) is 16.6. The predicted molar refractivity (Wildman–Crippen MR) is 66.0 cm³/mol. The molecule has 16 heavy (non-hydrogen) atoms. The first-order valence-electron chi connectivity index (χ1n) is 5.59. The maximum atomic E-state index is 9.70. The maximum Gasteiger partial charge on any atom is 0.172 e. The molecule has 1 aromatic carbocycles. The molecule has 1 aliphatic heterocycles. The van der Waals surface area contributed by atoms with Gasteiger partial charge in [-0.1, -0.05) is 0 Å². The molecule has 0 atom stereocenters. The van der Waals surface area contributed by atoms with Crippen molar-refractivity contribution in [2.24, 2.45) is 0 Å². The van der Waals surface area contributed by atoms with Crippen LogP contribution in [0.15, 0.2) is 16.6 Å². The van der Waals surface area contributed by atoms with Crippen LogP contribution in [-0.4, -0.2) is 25.3 Å². The predicted octanol–water partition coefficient (Wildman–Crippen LogP) is 1.34. The average Bonchev–Trinajstić information content (AvgIpc) is 2.76. The van der Waals surface area contributed by atoms with Crippen LogP contribution in [-0.2, 0) is 6.54 Å². The first-order chi connectivity index (χ1) is 7.70. The summed E-state index contributed by atoms with van der Waals surface area (Å²) in [6.07, 6.45) is 2.65. The second-order valence-electron chi connectivity index (χ2n) is 4.26. The van der Waals surface area contributed by atoms with E-state index in [0.717, 1.165) is 6.54 Å². The molecular weight excluding hydrogens is 270 g/mol. The van der Waals surface area contributed by atoms with E-state index in [-0.39, 0.29) is 5.75 Å². The summed E-state index contributed by atoms with van der Waals surface area (Å²) in [5, 5.41) is 9.70. The number of nitrogens with one attached hydrogen (secondary N) is 1. The molecule has 88 valence electrons. The zero-order valence-electron chi connectivity index (χ0n) is 9.42. The van der Waals surface area contributed by atoms with Gasteiger partial charge < -0.3 is 14.7 Å². The minimum atomic E-state index is 0.183. The highest BCUT2D eigenvalue weighted by atomic mass is 79.9. The van der Waals surface area contributed by atoms with Crippen molar-refractivity contribution in [3.05, 3.63) is 22.2 Å². The zero-order valence-corrected chi connectivity index (χ0v) is 11.0. The fourth-order valence-corrected chi connectivity index (χ4v) is 2.71. The highest BCUT2D eigenvalue weighted by Crippen LogP contribution is 2.34. The SMILES string of the molecule is COc1cc(C[NH+]2CCCC2)cc(Br)c1O. The van der Waals surface area contributed by atoms with Crippen LogP contribution < -0.4 is 9.64 Å². The van der Waals surface area contributed by atoms with Crippen LogP contribution in [0.25, 0.3) is 0 Å². The molecule has 1 fully saturated rings. The van der Waals surface area contributed by atoms with Crippen LogP contribution in [0.3, 0.4) is 0 Å². The molecule has 2 N–H and O–H groups in total. The first-order valence-corrected chi connectivity index (χ1v) is 6.39. The smallest absolute Gasteiger partial charge is 0.172 e. The van der Waals surface area contributed by atoms with E-state index in [9.17, 15) is 5.11 Å². The van der Waals surface area contributed by atoms with Gasteiger partial charge in [-0.25, -0.2) is 0 Å². The monoisotopic (exact) mass is 286 g/mol. The number of benzene rings is 1. The second kappa shape index (κ2) is 5.06. The van der Waals surface area contributed by atoms with E-state index < -0.39 is 0 Å². The van der Waals surface area contributed by atoms with Crippen molar-refractivity contribution in [3.8, 4) is 11.5 Å². The summed E-state index contributed by atoms with van der Waals surface area (Å²) in [6.45, 7) is 3.51. The van der Waals surface area contributed by atoms with Gasteiger partial charge in [0.15, 0.2) is 11.5 Å². The lowest BCUT2D eigenvalue weighted by molar-refractivity contribution is -0.901. The number of likely N-dealkylation sites (tertiary alicyclic amines) is 1. The highest BCUT2D eigenvalue weighted by Gasteiger charge is 2.17. The van der Waals surface area contributed by atoms with E-state index in [1.807, 2.05) is 12.1 Å². The van der Waals surface area contributed by atoms with Crippen LogP contribution in [0.5, 0.6) is 11.5 Å². The number of aromatic hydroxyl groups is 1. The van der Waals surface area contributed by atoms with Gasteiger partial charge in [0.25, 0.3) is 0 Å². The number of methoxy groups -OCH3 is 1. The molecule has 0 aliphatic carbocycles. The van der Waals surface area contributed by atoms with Gasteiger partial charge >= 0.3 is 0 Å². The van der Waals surface area contributed by atoms with Crippen molar-refractivity contribution in [2.75, 3.05) is 20.2 Å². The number of halogens is 1. The topological polar surface area (TPSA) is 33.9 Å². The molecule has 2 rings (SSSR count). The summed E-state index contributed by atoms with van der Waals surface area (Å²) >= 11 is 3.35. The molecule has 0 unspecified atom stereocenters. The Morgan fingerprint density at radius 3 is 2.69 bits per heavy atom. The second-order valence-corrected chi connectivity index (χ2v) is 5.12. The van der Waals surface area contributed by atoms with E-state index in [1.165, 1.54) is 31.5 Å². The van der Waals surface area contributed by atoms with Crippen molar-refractivity contribution >= 4 is 15.9 Å². The van der Waals surface area contributed by atoms with Crippen molar-refractivity contribution in [1.82, 2.24) is 0 Å². The van der Waals surface area contributed by atoms with Crippen LogP contribution in [0.4, 0.5) is 0 Å². The number of ether oxygens (including phenoxy) is 1. The van der Waals surface area contributed by atoms with Gasteiger partial charge in [-0.3, -0.25) is 0 Å². The molecule has 1 aromatic rings. The molecule has 1 heterocycles. The summed E-state index contributed by atoms with van der Waals surface area (Å²) in [5.41, 5.74) is 1.21. The minimum Gasteiger partial charge on any atom is -0.503 e. The van der Waals surface area contributed by atoms with Crippen LogP contribution in [0.2, 0.25) is 0 Å². The summed E-state index contributed by atoms with van der Waals surface area (Å²) in [4.78, 5) is 1.61. The standard InChI is InChI=1S/C12H16BrNO2/c1-16-11-7-9(6-10(13)12(11)15)8-14-4-2-3-5-14/h6-7,15H,2-5,8H2,1H3/p+1. The number of phenolic OH excluding ortho intramolecular Hbond substituents is 1. The van der Waals surface area contributed by atoms with Gasteiger partial charge in [-0.15, -0.1) is 0 Å². The number of hydrogen-bond acceptors (Lipinski definition) is 2. The van der Waals surface area contributed by atoms with Crippen LogP contribution in [0, 0.1) is 0 Å². The van der Waals surface area contributed by atoms with Gasteiger partial charge in [0.2, 0.25) is 0 Å². The third kappa shape index (κ3) is 2.50. The lowest BCUT2D eigenvalue weighted by Crippen LogP contribution is -3.08. The van der Waals surface area contributed by atoms with Crippen LogP contribution in [0.1, 0.15) is 18.4 Å². The number of rotatable bonds is 3. The Morgan fingerprint density at radius 2 is 2.06 bits per heavy atom. The van der Waals surface area contributed by atoms with E-state index in [0.29, 0.717) is 10.2 Å². The molecule has 3 nitrogen and oxygen atoms in total. The van der Waals surface area contributed by atoms with Gasteiger partial charge in [0.1, 0.15) is 6.54 Å². The minimum absolute atomic E-state index is 0.183. The van der Waals surface area contributed by atoms with Crippen molar-refractivity contribution in [3.63, 3.8) is 0 Å². The molecule has 0 amide bonds.